The van der Waals surface area contributed by atoms with Crippen LogP contribution in [0.3, 0.4) is 0 Å². The van der Waals surface area contributed by atoms with Gasteiger partial charge in [0.05, 0.1) is 5.92 Å². The Morgan fingerprint density at radius 2 is 2.05 bits per heavy atom. The van der Waals surface area contributed by atoms with Crippen molar-refractivity contribution in [2.24, 2.45) is 5.92 Å². The van der Waals surface area contributed by atoms with E-state index in [0.717, 1.165) is 0 Å². The molecule has 0 aromatic rings. The first-order valence-corrected chi connectivity index (χ1v) is 7.00. The first-order chi connectivity index (χ1) is 9.93. The molecule has 2 fully saturated rings. The monoisotopic (exact) mass is 332 g/mol. The molecule has 0 amide bonds. The third-order valence-electron chi connectivity index (χ3n) is 4.49. The Kier molecular flexibility index (Phi) is 3.97. The number of hydrogen-bond donors (Lipinski definition) is 1. The molecule has 2 rings (SSSR count). The number of alkyl halides is 5. The summed E-state index contributed by atoms with van der Waals surface area (Å²) >= 11 is 0. The second-order valence-electron chi connectivity index (χ2n) is 5.83. The van der Waals surface area contributed by atoms with Gasteiger partial charge >= 0.3 is 23.9 Å². The van der Waals surface area contributed by atoms with Crippen LogP contribution in [0, 0.1) is 5.92 Å². The van der Waals surface area contributed by atoms with E-state index < -0.39 is 47.9 Å². The molecule has 0 spiro atoms. The number of carbonyl (C=O) groups excluding carboxylic acids is 1. The molecule has 1 aliphatic heterocycles. The number of aliphatic hydroxyl groups is 1. The lowest BCUT2D eigenvalue weighted by molar-refractivity contribution is -0.413. The van der Waals surface area contributed by atoms with Crippen LogP contribution in [0.15, 0.2) is 0 Å². The maximum atomic E-state index is 14.5. The Morgan fingerprint density at radius 3 is 2.55 bits per heavy atom. The van der Waals surface area contributed by atoms with Crippen molar-refractivity contribution in [2.75, 3.05) is 0 Å². The summed E-state index contributed by atoms with van der Waals surface area (Å²) in [5.41, 5.74) is -2.78. The van der Waals surface area contributed by atoms with Crippen molar-refractivity contribution in [1.29, 1.82) is 0 Å². The predicted octanol–water partition coefficient (Wildman–Crippen LogP) is 2.78. The molecule has 2 aliphatic rings. The molecule has 4 nitrogen and oxygen atoms in total. The molecule has 1 N–H and O–H groups in total. The highest BCUT2D eigenvalue weighted by atomic mass is 19.4. The highest BCUT2D eigenvalue weighted by molar-refractivity contribution is 5.72. The molecule has 0 aromatic heterocycles. The van der Waals surface area contributed by atoms with E-state index in [9.17, 15) is 31.9 Å². The summed E-state index contributed by atoms with van der Waals surface area (Å²) in [6, 6.07) is 0. The quantitative estimate of drug-likeness (QED) is 0.638. The Hall–Kier alpha value is -0.960. The van der Waals surface area contributed by atoms with Gasteiger partial charge in [-0.25, -0.2) is 0 Å². The van der Waals surface area contributed by atoms with Crippen LogP contribution in [0.5, 0.6) is 0 Å². The van der Waals surface area contributed by atoms with Gasteiger partial charge in [-0.3, -0.25) is 4.79 Å². The van der Waals surface area contributed by atoms with Crippen molar-refractivity contribution in [3.05, 3.63) is 0 Å². The maximum Gasteiger partial charge on any atom is 0.449 e. The number of esters is 1. The Balaban J connectivity index is 2.42. The van der Waals surface area contributed by atoms with Gasteiger partial charge in [-0.05, 0) is 25.7 Å². The second-order valence-corrected chi connectivity index (χ2v) is 5.83. The number of fused-ring (bicyclic) bond motifs is 1. The Bertz CT molecular complexity index is 466. The van der Waals surface area contributed by atoms with Crippen LogP contribution in [0.25, 0.3) is 0 Å². The van der Waals surface area contributed by atoms with Gasteiger partial charge < -0.3 is 14.6 Å². The van der Waals surface area contributed by atoms with E-state index in [2.05, 4.69) is 4.74 Å². The lowest BCUT2D eigenvalue weighted by Gasteiger charge is -2.37. The molecule has 22 heavy (non-hydrogen) atoms. The summed E-state index contributed by atoms with van der Waals surface area (Å²) in [5.74, 6) is -11.2. The van der Waals surface area contributed by atoms with Crippen LogP contribution in [0.1, 0.15) is 39.5 Å². The highest BCUT2D eigenvalue weighted by Gasteiger charge is 2.87. The zero-order valence-electron chi connectivity index (χ0n) is 12.0. The van der Waals surface area contributed by atoms with Gasteiger partial charge in [0.15, 0.2) is 0 Å². The van der Waals surface area contributed by atoms with Gasteiger partial charge in [-0.1, -0.05) is 13.8 Å². The molecule has 128 valence electrons. The normalized spacial score (nSPS) is 38.6. The third kappa shape index (κ3) is 2.05. The SMILES string of the molecule is CCC(C)C(=O)OC12CCCC1OC(O)(C(F)(F)F)C2(F)F. The van der Waals surface area contributed by atoms with Gasteiger partial charge in [0.1, 0.15) is 6.10 Å². The van der Waals surface area contributed by atoms with Crippen molar-refractivity contribution < 1.29 is 41.3 Å². The number of ether oxygens (including phenoxy) is 2. The zero-order chi connectivity index (χ0) is 17.0. The van der Waals surface area contributed by atoms with E-state index in [0.29, 0.717) is 0 Å². The van der Waals surface area contributed by atoms with E-state index in [4.69, 9.17) is 4.74 Å². The number of carbonyl (C=O) groups is 1. The minimum absolute atomic E-state index is 0.113. The topological polar surface area (TPSA) is 55.8 Å². The number of hydrogen-bond acceptors (Lipinski definition) is 4. The van der Waals surface area contributed by atoms with Crippen LogP contribution in [-0.2, 0) is 14.3 Å². The first kappa shape index (κ1) is 17.4. The fourth-order valence-electron chi connectivity index (χ4n) is 2.90. The summed E-state index contributed by atoms with van der Waals surface area (Å²) in [5, 5.41) is 9.45. The molecule has 0 aromatic carbocycles. The van der Waals surface area contributed by atoms with Crippen molar-refractivity contribution in [3.63, 3.8) is 0 Å². The summed E-state index contributed by atoms with van der Waals surface area (Å²) < 4.78 is 76.6. The van der Waals surface area contributed by atoms with E-state index >= 15 is 0 Å². The van der Waals surface area contributed by atoms with Crippen LogP contribution in [0.2, 0.25) is 0 Å². The molecular weight excluding hydrogens is 315 g/mol. The largest absolute Gasteiger partial charge is 0.449 e. The first-order valence-electron chi connectivity index (χ1n) is 7.00. The van der Waals surface area contributed by atoms with Crippen LogP contribution in [-0.4, -0.2) is 40.7 Å². The Labute approximate surface area is 123 Å². The lowest BCUT2D eigenvalue weighted by Crippen LogP contribution is -2.64. The predicted molar refractivity (Wildman–Crippen MR) is 63.0 cm³/mol. The highest BCUT2D eigenvalue weighted by Crippen LogP contribution is 2.62. The molecule has 9 heteroatoms. The van der Waals surface area contributed by atoms with Gasteiger partial charge in [0.2, 0.25) is 5.60 Å². The molecule has 1 saturated heterocycles. The van der Waals surface area contributed by atoms with Crippen LogP contribution in [0.4, 0.5) is 22.0 Å². The van der Waals surface area contributed by atoms with Gasteiger partial charge in [-0.2, -0.15) is 22.0 Å². The van der Waals surface area contributed by atoms with E-state index in [1.807, 2.05) is 0 Å². The van der Waals surface area contributed by atoms with Crippen molar-refractivity contribution >= 4 is 5.97 Å². The van der Waals surface area contributed by atoms with Crippen LogP contribution < -0.4 is 0 Å². The molecule has 4 atom stereocenters. The third-order valence-corrected chi connectivity index (χ3v) is 4.49. The maximum absolute atomic E-state index is 14.5. The summed E-state index contributed by atoms with van der Waals surface area (Å²) in [7, 11) is 0. The molecular formula is C13H17F5O4. The van der Waals surface area contributed by atoms with E-state index in [1.165, 1.54) is 6.92 Å². The van der Waals surface area contributed by atoms with Crippen molar-refractivity contribution in [3.8, 4) is 0 Å². The number of rotatable bonds is 3. The van der Waals surface area contributed by atoms with Crippen molar-refractivity contribution in [1.82, 2.24) is 0 Å². The van der Waals surface area contributed by atoms with Crippen LogP contribution >= 0.6 is 0 Å². The minimum Gasteiger partial charge on any atom is -0.449 e. The number of halogens is 5. The standard InChI is InChI=1S/C13H17F5O4/c1-3-7(2)9(19)22-10-6-4-5-8(10)21-12(20,11(10,14)15)13(16,17)18/h7-8,20H,3-6H2,1-2H3. The average molecular weight is 332 g/mol. The van der Waals surface area contributed by atoms with Gasteiger partial charge in [0, 0.05) is 0 Å². The molecule has 1 aliphatic carbocycles. The lowest BCUT2D eigenvalue weighted by atomic mass is 9.88. The van der Waals surface area contributed by atoms with E-state index in [-0.39, 0.29) is 19.3 Å². The molecule has 0 bridgehead atoms. The molecule has 1 heterocycles. The van der Waals surface area contributed by atoms with Gasteiger partial charge in [0.25, 0.3) is 0 Å². The molecule has 0 radical (unpaired) electrons. The molecule has 1 saturated carbocycles. The average Bonchev–Trinajstić information content (AvgIpc) is 2.86. The summed E-state index contributed by atoms with van der Waals surface area (Å²) in [6.45, 7) is 3.04. The summed E-state index contributed by atoms with van der Waals surface area (Å²) in [6.07, 6.45) is -7.65. The fraction of sp³-hybridized carbons (Fsp3) is 0.923. The molecule has 4 unspecified atom stereocenters. The fourth-order valence-corrected chi connectivity index (χ4v) is 2.90. The smallest absolute Gasteiger partial charge is 0.449 e. The second kappa shape index (κ2) is 5.02. The van der Waals surface area contributed by atoms with Gasteiger partial charge in [-0.15, -0.1) is 0 Å². The van der Waals surface area contributed by atoms with E-state index in [1.54, 1.807) is 6.92 Å². The minimum atomic E-state index is -5.71. The van der Waals surface area contributed by atoms with Crippen molar-refractivity contribution in [2.45, 2.75) is 69.1 Å². The zero-order valence-corrected chi connectivity index (χ0v) is 12.0. The summed E-state index contributed by atoms with van der Waals surface area (Å²) in [4.78, 5) is 11.8. The Morgan fingerprint density at radius 1 is 1.45 bits per heavy atom.